The second kappa shape index (κ2) is 7.75. The van der Waals surface area contributed by atoms with E-state index in [0.717, 1.165) is 36.9 Å². The Morgan fingerprint density at radius 1 is 1.29 bits per heavy atom. The van der Waals surface area contributed by atoms with Crippen molar-refractivity contribution < 1.29 is 14.7 Å². The van der Waals surface area contributed by atoms with E-state index in [1.165, 1.54) is 6.42 Å². The summed E-state index contributed by atoms with van der Waals surface area (Å²) in [5.74, 6) is 0.159. The van der Waals surface area contributed by atoms with Crippen molar-refractivity contribution in [2.24, 2.45) is 0 Å². The van der Waals surface area contributed by atoms with Crippen LogP contribution in [0.3, 0.4) is 0 Å². The van der Waals surface area contributed by atoms with Crippen molar-refractivity contribution in [2.75, 3.05) is 11.9 Å². The third-order valence-corrected chi connectivity index (χ3v) is 5.68. The number of benzene rings is 1. The van der Waals surface area contributed by atoms with Gasteiger partial charge in [0.1, 0.15) is 5.82 Å². The summed E-state index contributed by atoms with van der Waals surface area (Å²) < 4.78 is 1.56. The number of carbonyl (C=O) groups is 2. The number of aromatic nitrogens is 2. The molecule has 28 heavy (non-hydrogen) atoms. The van der Waals surface area contributed by atoms with Crippen LogP contribution in [0.15, 0.2) is 24.3 Å². The van der Waals surface area contributed by atoms with Gasteiger partial charge in [-0.15, -0.1) is 0 Å². The molecular weight excluding hydrogens is 356 g/mol. The molecule has 2 heterocycles. The van der Waals surface area contributed by atoms with Gasteiger partial charge in [-0.1, -0.05) is 31.4 Å². The Morgan fingerprint density at radius 2 is 2.07 bits per heavy atom. The zero-order chi connectivity index (χ0) is 19.7. The van der Waals surface area contributed by atoms with Gasteiger partial charge in [-0.3, -0.25) is 9.59 Å². The van der Waals surface area contributed by atoms with Crippen LogP contribution in [-0.4, -0.2) is 44.3 Å². The Hall–Kier alpha value is -2.67. The summed E-state index contributed by atoms with van der Waals surface area (Å²) in [4.78, 5) is 28.1. The molecule has 7 nitrogen and oxygen atoms in total. The van der Waals surface area contributed by atoms with Gasteiger partial charge in [-0.25, -0.2) is 4.68 Å². The maximum absolute atomic E-state index is 13.1. The third kappa shape index (κ3) is 3.42. The maximum Gasteiger partial charge on any atom is 0.257 e. The first-order valence-corrected chi connectivity index (χ1v) is 9.98. The maximum atomic E-state index is 13.1. The molecule has 2 N–H and O–H groups in total. The Labute approximate surface area is 164 Å². The van der Waals surface area contributed by atoms with Gasteiger partial charge in [0, 0.05) is 18.7 Å². The van der Waals surface area contributed by atoms with Crippen LogP contribution in [0, 0.1) is 6.92 Å². The SMILES string of the molecule is Cc1cc(NC(=O)c2cccc3c2C(=O)N(C2CCCCC2)C3)n(CCO)n1. The van der Waals surface area contributed by atoms with Crippen LogP contribution >= 0.6 is 0 Å². The molecule has 1 aromatic heterocycles. The quantitative estimate of drug-likeness (QED) is 0.832. The Kier molecular flexibility index (Phi) is 5.17. The number of hydrogen-bond acceptors (Lipinski definition) is 4. The van der Waals surface area contributed by atoms with Crippen LogP contribution in [-0.2, 0) is 13.1 Å². The smallest absolute Gasteiger partial charge is 0.257 e. The normalized spacial score (nSPS) is 17.1. The molecule has 2 amide bonds. The van der Waals surface area contributed by atoms with Crippen molar-refractivity contribution in [1.29, 1.82) is 0 Å². The summed E-state index contributed by atoms with van der Waals surface area (Å²) >= 11 is 0. The first-order valence-electron chi connectivity index (χ1n) is 9.98. The molecule has 1 aliphatic heterocycles. The van der Waals surface area contributed by atoms with Crippen molar-refractivity contribution in [3.8, 4) is 0 Å². The van der Waals surface area contributed by atoms with Gasteiger partial charge in [0.15, 0.2) is 0 Å². The minimum atomic E-state index is -0.324. The highest BCUT2D eigenvalue weighted by Gasteiger charge is 2.36. The van der Waals surface area contributed by atoms with Crippen LogP contribution in [0.25, 0.3) is 0 Å². The zero-order valence-electron chi connectivity index (χ0n) is 16.1. The standard InChI is InChI=1S/C21H26N4O3/c1-14-12-18(25(23-14)10-11-26)22-20(27)17-9-5-6-15-13-24(21(28)19(15)17)16-7-3-2-4-8-16/h5-6,9,12,16,26H,2-4,7-8,10-11,13H2,1H3,(H,22,27). The van der Waals surface area contributed by atoms with E-state index in [-0.39, 0.29) is 24.5 Å². The molecule has 0 unspecified atom stereocenters. The van der Waals surface area contributed by atoms with Crippen LogP contribution in [0.2, 0.25) is 0 Å². The number of rotatable bonds is 5. The van der Waals surface area contributed by atoms with E-state index in [0.29, 0.717) is 30.0 Å². The van der Waals surface area contributed by atoms with Crippen molar-refractivity contribution in [3.63, 3.8) is 0 Å². The molecule has 148 valence electrons. The summed E-state index contributed by atoms with van der Waals surface area (Å²) in [6, 6.07) is 7.51. The second-order valence-corrected chi connectivity index (χ2v) is 7.64. The van der Waals surface area contributed by atoms with Gasteiger partial charge in [-0.2, -0.15) is 5.10 Å². The highest BCUT2D eigenvalue weighted by atomic mass is 16.3. The number of amides is 2. The highest BCUT2D eigenvalue weighted by molar-refractivity contribution is 6.13. The molecule has 1 aromatic carbocycles. The Balaban J connectivity index is 1.59. The van der Waals surface area contributed by atoms with Gasteiger partial charge in [0.2, 0.25) is 0 Å². The number of nitrogens with zero attached hydrogens (tertiary/aromatic N) is 3. The predicted octanol–water partition coefficient (Wildman–Crippen LogP) is 2.72. The zero-order valence-corrected chi connectivity index (χ0v) is 16.1. The summed E-state index contributed by atoms with van der Waals surface area (Å²) in [6.07, 6.45) is 5.64. The molecule has 0 bridgehead atoms. The topological polar surface area (TPSA) is 87.5 Å². The molecule has 2 aliphatic rings. The number of carbonyl (C=O) groups excluding carboxylic acids is 2. The molecule has 1 fully saturated rings. The van der Waals surface area contributed by atoms with Gasteiger partial charge >= 0.3 is 0 Å². The summed E-state index contributed by atoms with van der Waals surface area (Å²) in [5.41, 5.74) is 2.59. The van der Waals surface area contributed by atoms with Gasteiger partial charge < -0.3 is 15.3 Å². The Morgan fingerprint density at radius 3 is 2.82 bits per heavy atom. The van der Waals surface area contributed by atoms with Gasteiger partial charge in [-0.05, 0) is 31.4 Å². The number of aliphatic hydroxyl groups is 1. The van der Waals surface area contributed by atoms with Crippen LogP contribution in [0.5, 0.6) is 0 Å². The monoisotopic (exact) mass is 382 g/mol. The predicted molar refractivity (Wildman–Crippen MR) is 105 cm³/mol. The molecule has 1 aliphatic carbocycles. The summed E-state index contributed by atoms with van der Waals surface area (Å²) in [5, 5.41) is 16.3. The lowest BCUT2D eigenvalue weighted by molar-refractivity contribution is 0.0657. The molecule has 0 saturated heterocycles. The largest absolute Gasteiger partial charge is 0.394 e. The minimum Gasteiger partial charge on any atom is -0.394 e. The van der Waals surface area contributed by atoms with Crippen molar-refractivity contribution in [1.82, 2.24) is 14.7 Å². The van der Waals surface area contributed by atoms with E-state index in [9.17, 15) is 14.7 Å². The Bertz CT molecular complexity index is 899. The summed E-state index contributed by atoms with van der Waals surface area (Å²) in [7, 11) is 0. The fraction of sp³-hybridized carbons (Fsp3) is 0.476. The molecule has 4 rings (SSSR count). The summed E-state index contributed by atoms with van der Waals surface area (Å²) in [6.45, 7) is 2.64. The first kappa shape index (κ1) is 18.7. The molecule has 0 spiro atoms. The second-order valence-electron chi connectivity index (χ2n) is 7.64. The van der Waals surface area contributed by atoms with E-state index in [2.05, 4.69) is 10.4 Å². The molecule has 7 heteroatoms. The van der Waals surface area contributed by atoms with E-state index < -0.39 is 0 Å². The fourth-order valence-corrected chi connectivity index (χ4v) is 4.36. The lowest BCUT2D eigenvalue weighted by atomic mass is 9.94. The number of aliphatic hydroxyl groups excluding tert-OH is 1. The third-order valence-electron chi connectivity index (χ3n) is 5.68. The number of fused-ring (bicyclic) bond motifs is 1. The van der Waals surface area contributed by atoms with Crippen molar-refractivity contribution in [3.05, 3.63) is 46.6 Å². The molecule has 1 saturated carbocycles. The molecule has 2 aromatic rings. The molecule has 0 atom stereocenters. The van der Waals surface area contributed by atoms with Crippen molar-refractivity contribution >= 4 is 17.6 Å². The minimum absolute atomic E-state index is 0.0345. The van der Waals surface area contributed by atoms with Crippen molar-refractivity contribution in [2.45, 2.75) is 58.2 Å². The van der Waals surface area contributed by atoms with Gasteiger partial charge in [0.25, 0.3) is 11.8 Å². The first-order chi connectivity index (χ1) is 13.6. The van der Waals surface area contributed by atoms with E-state index in [4.69, 9.17) is 0 Å². The number of aryl methyl sites for hydroxylation is 1. The van der Waals surface area contributed by atoms with E-state index >= 15 is 0 Å². The van der Waals surface area contributed by atoms with E-state index in [1.807, 2.05) is 24.0 Å². The van der Waals surface area contributed by atoms with Crippen LogP contribution < -0.4 is 5.32 Å². The average molecular weight is 382 g/mol. The molecular formula is C21H26N4O3. The lowest BCUT2D eigenvalue weighted by Crippen LogP contribution is -2.37. The molecule has 0 radical (unpaired) electrons. The van der Waals surface area contributed by atoms with E-state index in [1.54, 1.807) is 16.8 Å². The average Bonchev–Trinajstić information content (AvgIpc) is 3.22. The van der Waals surface area contributed by atoms with Gasteiger partial charge in [0.05, 0.1) is 30.0 Å². The number of hydrogen-bond donors (Lipinski definition) is 2. The lowest BCUT2D eigenvalue weighted by Gasteiger charge is -2.30. The fourth-order valence-electron chi connectivity index (χ4n) is 4.36. The highest BCUT2D eigenvalue weighted by Crippen LogP contribution is 2.32. The van der Waals surface area contributed by atoms with Crippen LogP contribution in [0.1, 0.15) is 64.1 Å². The number of nitrogens with one attached hydrogen (secondary N) is 1. The number of anilines is 1. The van der Waals surface area contributed by atoms with Crippen LogP contribution in [0.4, 0.5) is 5.82 Å².